The van der Waals surface area contributed by atoms with Crippen molar-refractivity contribution in [3.63, 3.8) is 0 Å². The Morgan fingerprint density at radius 1 is 1.34 bits per heavy atom. The Bertz CT molecular complexity index is 1600. The lowest BCUT2D eigenvalue weighted by atomic mass is 10.1. The molecule has 0 spiro atoms. The number of aliphatic carboxylic acids is 1. The van der Waals surface area contributed by atoms with E-state index in [2.05, 4.69) is 20.0 Å². The minimum absolute atomic E-state index is 0.0526. The average Bonchev–Trinajstić information content (AvgIpc) is 3.46. The van der Waals surface area contributed by atoms with Crippen LogP contribution in [0.15, 0.2) is 53.6 Å². The molecule has 0 amide bonds. The second-order valence-electron chi connectivity index (χ2n) is 8.76. The fourth-order valence-corrected chi connectivity index (χ4v) is 5.67. The van der Waals surface area contributed by atoms with Crippen LogP contribution in [0.2, 0.25) is 0 Å². The van der Waals surface area contributed by atoms with E-state index < -0.39 is 50.4 Å². The Morgan fingerprint density at radius 2 is 2.11 bits per heavy atom. The monoisotopic (exact) mass is 544 g/mol. The fourth-order valence-electron chi connectivity index (χ4n) is 4.15. The minimum atomic E-state index is -4.28. The lowest BCUT2D eigenvalue weighted by Crippen LogP contribution is -2.35. The van der Waals surface area contributed by atoms with Crippen LogP contribution in [0.25, 0.3) is 21.9 Å². The Morgan fingerprint density at radius 3 is 2.89 bits per heavy atom. The number of anilines is 1. The summed E-state index contributed by atoms with van der Waals surface area (Å²) >= 11 is 0. The molecule has 1 saturated heterocycles. The SMILES string of the molecule is CC(NP(=O)(OC[C@H]1O[C@@H](n2cnc3c(=O)[nH]c(N)nc32)C[C@@H]1O)Oc1cccc2ccccc12)C(=O)O. The zero-order valence-electron chi connectivity index (χ0n) is 20.1. The van der Waals surface area contributed by atoms with Crippen molar-refractivity contribution in [1.82, 2.24) is 24.6 Å². The zero-order valence-corrected chi connectivity index (χ0v) is 20.9. The summed E-state index contributed by atoms with van der Waals surface area (Å²) in [5, 5.41) is 23.9. The van der Waals surface area contributed by atoms with E-state index >= 15 is 0 Å². The maximum atomic E-state index is 13.7. The molecule has 14 nitrogen and oxygen atoms in total. The van der Waals surface area contributed by atoms with Crippen molar-refractivity contribution in [3.05, 3.63) is 59.1 Å². The maximum Gasteiger partial charge on any atom is 0.459 e. The Kier molecular flexibility index (Phi) is 6.90. The molecular weight excluding hydrogens is 519 g/mol. The number of nitrogens with one attached hydrogen (secondary N) is 2. The zero-order chi connectivity index (χ0) is 27.0. The van der Waals surface area contributed by atoms with Crippen LogP contribution >= 0.6 is 7.75 Å². The van der Waals surface area contributed by atoms with Gasteiger partial charge in [0, 0.05) is 11.8 Å². The number of H-pyrrole nitrogens is 1. The summed E-state index contributed by atoms with van der Waals surface area (Å²) in [5.74, 6) is -1.14. The molecule has 6 N–H and O–H groups in total. The van der Waals surface area contributed by atoms with Gasteiger partial charge in [-0.05, 0) is 18.4 Å². The van der Waals surface area contributed by atoms with Crippen molar-refractivity contribution in [1.29, 1.82) is 0 Å². The highest BCUT2D eigenvalue weighted by atomic mass is 31.2. The first-order valence-corrected chi connectivity index (χ1v) is 13.2. The Labute approximate surface area is 215 Å². The number of carboxylic acid groups (broad SMARTS) is 1. The van der Waals surface area contributed by atoms with Crippen LogP contribution in [0, 0.1) is 0 Å². The Balaban J connectivity index is 1.36. The first-order valence-electron chi connectivity index (χ1n) is 11.6. The van der Waals surface area contributed by atoms with E-state index in [0.29, 0.717) is 5.39 Å². The summed E-state index contributed by atoms with van der Waals surface area (Å²) in [7, 11) is -4.28. The molecule has 2 unspecified atom stereocenters. The topological polar surface area (TPSA) is 204 Å². The smallest absolute Gasteiger partial charge is 0.459 e. The number of fused-ring (bicyclic) bond motifs is 2. The Hall–Kier alpha value is -3.81. The van der Waals surface area contributed by atoms with Gasteiger partial charge in [-0.3, -0.25) is 23.7 Å². The van der Waals surface area contributed by atoms with Gasteiger partial charge in [0.15, 0.2) is 11.2 Å². The van der Waals surface area contributed by atoms with Crippen LogP contribution in [0.1, 0.15) is 19.6 Å². The quantitative estimate of drug-likeness (QED) is 0.191. The van der Waals surface area contributed by atoms with Gasteiger partial charge in [0.2, 0.25) is 5.95 Å². The minimum Gasteiger partial charge on any atom is -0.480 e. The highest BCUT2D eigenvalue weighted by Crippen LogP contribution is 2.47. The third-order valence-corrected chi connectivity index (χ3v) is 7.69. The number of aliphatic hydroxyl groups is 1. The van der Waals surface area contributed by atoms with Crippen LogP contribution < -0.4 is 20.9 Å². The maximum absolute atomic E-state index is 13.7. The second kappa shape index (κ2) is 10.2. The van der Waals surface area contributed by atoms with Crippen LogP contribution in [-0.2, 0) is 18.6 Å². The highest BCUT2D eigenvalue weighted by Gasteiger charge is 2.39. The largest absolute Gasteiger partial charge is 0.480 e. The van der Waals surface area contributed by atoms with Crippen LogP contribution in [-0.4, -0.2) is 60.6 Å². The van der Waals surface area contributed by atoms with Gasteiger partial charge in [-0.25, -0.2) is 9.55 Å². The number of nitrogen functional groups attached to an aromatic ring is 1. The number of nitrogens with zero attached hydrogens (tertiary/aromatic N) is 3. The van der Waals surface area contributed by atoms with Crippen molar-refractivity contribution >= 4 is 41.6 Å². The molecule has 5 atom stereocenters. The molecule has 200 valence electrons. The number of ether oxygens (including phenoxy) is 1. The first-order chi connectivity index (χ1) is 18.1. The average molecular weight is 544 g/mol. The fraction of sp³-hybridized carbons (Fsp3) is 0.304. The third-order valence-electron chi connectivity index (χ3n) is 6.06. The molecule has 1 aliphatic heterocycles. The normalized spacial score (nSPS) is 21.9. The molecule has 2 aromatic carbocycles. The lowest BCUT2D eigenvalue weighted by Gasteiger charge is -2.24. The van der Waals surface area contributed by atoms with Crippen molar-refractivity contribution in [2.24, 2.45) is 0 Å². The summed E-state index contributed by atoms with van der Waals surface area (Å²) in [6, 6.07) is 11.1. The molecule has 0 aliphatic carbocycles. The first kappa shape index (κ1) is 25.8. The molecule has 0 bridgehead atoms. The summed E-state index contributed by atoms with van der Waals surface area (Å²) < 4.78 is 32.5. The summed E-state index contributed by atoms with van der Waals surface area (Å²) in [6.07, 6.45) is -1.37. The molecule has 4 aromatic rings. The molecule has 0 saturated carbocycles. The predicted molar refractivity (Wildman–Crippen MR) is 135 cm³/mol. The number of imidazole rings is 1. The van der Waals surface area contributed by atoms with Crippen molar-refractivity contribution in [2.75, 3.05) is 12.3 Å². The number of aliphatic hydroxyl groups excluding tert-OH is 1. The van der Waals surface area contributed by atoms with E-state index in [1.54, 1.807) is 24.3 Å². The molecule has 1 aliphatic rings. The number of aromatic nitrogens is 4. The molecule has 2 aromatic heterocycles. The van der Waals surface area contributed by atoms with Crippen LogP contribution in [0.4, 0.5) is 5.95 Å². The predicted octanol–water partition coefficient (Wildman–Crippen LogP) is 1.77. The van der Waals surface area contributed by atoms with Gasteiger partial charge >= 0.3 is 13.7 Å². The number of carbonyl (C=O) groups is 1. The number of rotatable bonds is 9. The number of nitrogens with two attached hydrogens (primary N) is 1. The van der Waals surface area contributed by atoms with Crippen LogP contribution in [0.3, 0.4) is 0 Å². The van der Waals surface area contributed by atoms with Crippen molar-refractivity contribution in [2.45, 2.75) is 37.8 Å². The molecular formula is C23H25N6O8P. The summed E-state index contributed by atoms with van der Waals surface area (Å²) in [6.45, 7) is 0.897. The van der Waals surface area contributed by atoms with Crippen LogP contribution in [0.5, 0.6) is 5.75 Å². The standard InChI is InChI=1S/C23H25N6O8P/c1-12(22(32)33)28-38(34,37-16-8-4-6-13-5-2-3-7-14(13)16)35-10-17-15(30)9-18(36-17)29-11-25-19-20(29)26-23(24)27-21(19)31/h2-8,11-12,15,17-18,30H,9-10H2,1H3,(H,28,34)(H,32,33)(H3,24,26,27,31)/t12?,15-,17+,18+,38?/m0/s1. The number of hydrogen-bond acceptors (Lipinski definition) is 10. The van der Waals surface area contributed by atoms with Crippen molar-refractivity contribution < 1.29 is 33.4 Å². The molecule has 38 heavy (non-hydrogen) atoms. The van der Waals surface area contributed by atoms with E-state index in [1.165, 1.54) is 17.8 Å². The molecule has 1 fully saturated rings. The summed E-state index contributed by atoms with van der Waals surface area (Å²) in [4.78, 5) is 34.1. The lowest BCUT2D eigenvalue weighted by molar-refractivity contribution is -0.138. The number of aromatic amines is 1. The van der Waals surface area contributed by atoms with Crippen molar-refractivity contribution in [3.8, 4) is 5.75 Å². The highest BCUT2D eigenvalue weighted by molar-refractivity contribution is 7.52. The third kappa shape index (κ3) is 5.12. The van der Waals surface area contributed by atoms with E-state index in [4.69, 9.17) is 19.5 Å². The number of hydrogen-bond donors (Lipinski definition) is 5. The van der Waals surface area contributed by atoms with Gasteiger partial charge in [0.25, 0.3) is 5.56 Å². The van der Waals surface area contributed by atoms with Gasteiger partial charge in [-0.1, -0.05) is 36.4 Å². The number of carboxylic acids is 1. The van der Waals surface area contributed by atoms with Gasteiger partial charge in [-0.15, -0.1) is 0 Å². The second-order valence-corrected chi connectivity index (χ2v) is 10.5. The van der Waals surface area contributed by atoms with E-state index in [9.17, 15) is 24.4 Å². The van der Waals surface area contributed by atoms with E-state index in [-0.39, 0.29) is 29.3 Å². The molecule has 5 rings (SSSR count). The van der Waals surface area contributed by atoms with Gasteiger partial charge in [0.1, 0.15) is 24.1 Å². The summed E-state index contributed by atoms with van der Waals surface area (Å²) in [5.41, 5.74) is 5.36. The number of benzene rings is 2. The van der Waals surface area contributed by atoms with Gasteiger partial charge in [0.05, 0.1) is 19.0 Å². The van der Waals surface area contributed by atoms with E-state index in [0.717, 1.165) is 5.39 Å². The molecule has 0 radical (unpaired) electrons. The van der Waals surface area contributed by atoms with Gasteiger partial charge in [-0.2, -0.15) is 10.1 Å². The molecule has 3 heterocycles. The van der Waals surface area contributed by atoms with E-state index in [1.807, 2.05) is 18.2 Å². The van der Waals surface area contributed by atoms with Gasteiger partial charge < -0.3 is 25.2 Å². The molecule has 15 heteroatoms.